The van der Waals surface area contributed by atoms with Crippen molar-refractivity contribution in [3.05, 3.63) is 29.3 Å². The van der Waals surface area contributed by atoms with E-state index in [1.165, 1.54) is 0 Å². The molecule has 1 aromatic carbocycles. The van der Waals surface area contributed by atoms with E-state index in [-0.39, 0.29) is 31.1 Å². The Morgan fingerprint density at radius 1 is 1.19 bits per heavy atom. The number of carbonyl (C=O) groups excluding carboxylic acids is 2. The molecule has 1 unspecified atom stereocenters. The third-order valence-corrected chi connectivity index (χ3v) is 4.89. The molecule has 6 heteroatoms. The van der Waals surface area contributed by atoms with Gasteiger partial charge in [0, 0.05) is 25.4 Å². The Morgan fingerprint density at radius 3 is 2.62 bits per heavy atom. The molecule has 2 heterocycles. The van der Waals surface area contributed by atoms with Crippen LogP contribution >= 0.6 is 0 Å². The van der Waals surface area contributed by atoms with Crippen LogP contribution in [0.5, 0.6) is 0 Å². The number of benzene rings is 1. The minimum atomic E-state index is -0.130. The summed E-state index contributed by atoms with van der Waals surface area (Å²) in [6.45, 7) is 6.42. The van der Waals surface area contributed by atoms with Gasteiger partial charge in [-0.25, -0.2) is 0 Å². The van der Waals surface area contributed by atoms with Crippen molar-refractivity contribution in [1.29, 1.82) is 0 Å². The lowest BCUT2D eigenvalue weighted by Gasteiger charge is -2.34. The predicted octanol–water partition coefficient (Wildman–Crippen LogP) is 2.06. The van der Waals surface area contributed by atoms with Crippen molar-refractivity contribution < 1.29 is 19.1 Å². The van der Waals surface area contributed by atoms with Crippen molar-refractivity contribution in [2.24, 2.45) is 0 Å². The second-order valence-electron chi connectivity index (χ2n) is 7.21. The summed E-state index contributed by atoms with van der Waals surface area (Å²) in [6.07, 6.45) is 3.33. The highest BCUT2D eigenvalue weighted by molar-refractivity contribution is 5.98. The number of anilines is 1. The Bertz CT molecular complexity index is 635. The first-order valence-electron chi connectivity index (χ1n) is 9.39. The minimum Gasteiger partial charge on any atom is -0.376 e. The fourth-order valence-corrected chi connectivity index (χ4v) is 3.57. The highest BCUT2D eigenvalue weighted by atomic mass is 16.5. The fourth-order valence-electron chi connectivity index (χ4n) is 3.57. The maximum absolute atomic E-state index is 12.5. The predicted molar refractivity (Wildman–Crippen MR) is 99.3 cm³/mol. The molecule has 2 saturated heterocycles. The summed E-state index contributed by atoms with van der Waals surface area (Å²) < 4.78 is 11.1. The summed E-state index contributed by atoms with van der Waals surface area (Å²) in [4.78, 5) is 28.2. The second-order valence-corrected chi connectivity index (χ2v) is 7.21. The van der Waals surface area contributed by atoms with Crippen LogP contribution in [-0.2, 0) is 19.1 Å². The number of carbonyl (C=O) groups is 2. The molecule has 0 aliphatic carbocycles. The summed E-state index contributed by atoms with van der Waals surface area (Å²) in [5, 5.41) is 0. The van der Waals surface area contributed by atoms with Crippen LogP contribution in [0.15, 0.2) is 18.2 Å². The van der Waals surface area contributed by atoms with Crippen LogP contribution in [0.1, 0.15) is 30.4 Å². The Hall–Kier alpha value is -1.92. The lowest BCUT2D eigenvalue weighted by molar-refractivity contribution is -0.142. The van der Waals surface area contributed by atoms with Gasteiger partial charge in [-0.05, 0) is 56.4 Å². The Kier molecular flexibility index (Phi) is 6.27. The molecule has 1 aromatic rings. The summed E-state index contributed by atoms with van der Waals surface area (Å²) in [5.41, 5.74) is 3.17. The van der Waals surface area contributed by atoms with E-state index >= 15 is 0 Å². The number of ether oxygens (including phenoxy) is 2. The topological polar surface area (TPSA) is 59.1 Å². The van der Waals surface area contributed by atoms with E-state index in [9.17, 15) is 9.59 Å². The number of aryl methyl sites for hydroxylation is 2. The molecule has 142 valence electrons. The van der Waals surface area contributed by atoms with Gasteiger partial charge in [0.05, 0.1) is 12.7 Å². The first-order chi connectivity index (χ1) is 12.5. The zero-order chi connectivity index (χ0) is 18.5. The highest BCUT2D eigenvalue weighted by Gasteiger charge is 2.28. The largest absolute Gasteiger partial charge is 0.376 e. The van der Waals surface area contributed by atoms with Gasteiger partial charge in [0.15, 0.2) is 0 Å². The summed E-state index contributed by atoms with van der Waals surface area (Å²) >= 11 is 0. The normalized spacial score (nSPS) is 21.2. The average Bonchev–Trinajstić information content (AvgIpc) is 2.61. The van der Waals surface area contributed by atoms with Gasteiger partial charge >= 0.3 is 0 Å². The van der Waals surface area contributed by atoms with E-state index in [2.05, 4.69) is 6.07 Å². The summed E-state index contributed by atoms with van der Waals surface area (Å²) in [7, 11) is 0. The van der Waals surface area contributed by atoms with E-state index in [1.54, 1.807) is 9.80 Å². The van der Waals surface area contributed by atoms with Gasteiger partial charge in [-0.15, -0.1) is 0 Å². The van der Waals surface area contributed by atoms with E-state index in [4.69, 9.17) is 9.47 Å². The van der Waals surface area contributed by atoms with Gasteiger partial charge in [-0.1, -0.05) is 6.07 Å². The Balaban J connectivity index is 1.48. The van der Waals surface area contributed by atoms with Crippen LogP contribution < -0.4 is 4.90 Å². The Labute approximate surface area is 155 Å². The maximum Gasteiger partial charge on any atom is 0.249 e. The molecule has 1 atom stereocenters. The first-order valence-corrected chi connectivity index (χ1v) is 9.39. The van der Waals surface area contributed by atoms with Gasteiger partial charge in [0.25, 0.3) is 0 Å². The quantitative estimate of drug-likeness (QED) is 0.807. The summed E-state index contributed by atoms with van der Waals surface area (Å²) in [5.74, 6) is -0.181. The zero-order valence-electron chi connectivity index (χ0n) is 15.7. The Morgan fingerprint density at radius 2 is 1.96 bits per heavy atom. The van der Waals surface area contributed by atoms with Gasteiger partial charge in [0.1, 0.15) is 13.2 Å². The molecule has 0 saturated carbocycles. The van der Waals surface area contributed by atoms with Crippen LogP contribution in [0.25, 0.3) is 0 Å². The van der Waals surface area contributed by atoms with Crippen molar-refractivity contribution in [1.82, 2.24) is 4.90 Å². The number of hydrogen-bond donors (Lipinski definition) is 0. The third kappa shape index (κ3) is 4.83. The van der Waals surface area contributed by atoms with Crippen molar-refractivity contribution in [2.75, 3.05) is 44.4 Å². The van der Waals surface area contributed by atoms with Gasteiger partial charge in [-0.3, -0.25) is 9.59 Å². The van der Waals surface area contributed by atoms with Crippen LogP contribution in [0.4, 0.5) is 5.69 Å². The molecule has 0 bridgehead atoms. The number of hydrogen-bond acceptors (Lipinski definition) is 4. The van der Waals surface area contributed by atoms with E-state index in [1.807, 2.05) is 26.0 Å². The maximum atomic E-state index is 12.5. The molecule has 0 N–H and O–H groups in total. The van der Waals surface area contributed by atoms with E-state index in [0.717, 1.165) is 42.7 Å². The third-order valence-electron chi connectivity index (χ3n) is 4.89. The van der Waals surface area contributed by atoms with Crippen LogP contribution in [0.3, 0.4) is 0 Å². The monoisotopic (exact) mass is 360 g/mol. The highest BCUT2D eigenvalue weighted by Crippen LogP contribution is 2.21. The van der Waals surface area contributed by atoms with Crippen molar-refractivity contribution >= 4 is 17.5 Å². The molecular weight excluding hydrogens is 332 g/mol. The van der Waals surface area contributed by atoms with E-state index < -0.39 is 0 Å². The standard InChI is InChI=1S/C20H28N2O4/c1-15-9-16(2)11-17(10-15)22-7-6-21(12-19(22)23)20(24)14-25-13-18-5-3-4-8-26-18/h9-11,18H,3-8,12-14H2,1-2H3. The molecule has 3 rings (SSSR count). The molecule has 2 aliphatic rings. The number of rotatable bonds is 5. The van der Waals surface area contributed by atoms with Crippen LogP contribution in [-0.4, -0.2) is 62.3 Å². The van der Waals surface area contributed by atoms with Crippen molar-refractivity contribution in [2.45, 2.75) is 39.2 Å². The smallest absolute Gasteiger partial charge is 0.249 e. The number of piperazine rings is 1. The molecule has 6 nitrogen and oxygen atoms in total. The van der Waals surface area contributed by atoms with Crippen molar-refractivity contribution in [3.8, 4) is 0 Å². The van der Waals surface area contributed by atoms with Gasteiger partial charge in [-0.2, -0.15) is 0 Å². The van der Waals surface area contributed by atoms with E-state index in [0.29, 0.717) is 19.7 Å². The molecule has 0 aromatic heterocycles. The minimum absolute atomic E-state index is 0.0106. The molecule has 0 spiro atoms. The lowest BCUT2D eigenvalue weighted by Crippen LogP contribution is -2.53. The molecule has 2 aliphatic heterocycles. The van der Waals surface area contributed by atoms with Crippen LogP contribution in [0.2, 0.25) is 0 Å². The first kappa shape index (κ1) is 18.9. The number of amides is 2. The molecule has 2 fully saturated rings. The van der Waals surface area contributed by atoms with Gasteiger partial charge < -0.3 is 19.3 Å². The number of nitrogens with zero attached hydrogens (tertiary/aromatic N) is 2. The molecule has 26 heavy (non-hydrogen) atoms. The zero-order valence-corrected chi connectivity index (χ0v) is 15.7. The molecular formula is C20H28N2O4. The second kappa shape index (κ2) is 8.64. The molecule has 0 radical (unpaired) electrons. The van der Waals surface area contributed by atoms with Crippen LogP contribution in [0, 0.1) is 13.8 Å². The SMILES string of the molecule is Cc1cc(C)cc(N2CCN(C(=O)COCC3CCCCO3)CC2=O)c1. The lowest BCUT2D eigenvalue weighted by atomic mass is 10.1. The average molecular weight is 360 g/mol. The summed E-state index contributed by atoms with van der Waals surface area (Å²) in [6, 6.07) is 6.10. The fraction of sp³-hybridized carbons (Fsp3) is 0.600. The van der Waals surface area contributed by atoms with Crippen molar-refractivity contribution in [3.63, 3.8) is 0 Å². The molecule has 2 amide bonds. The van der Waals surface area contributed by atoms with Gasteiger partial charge in [0.2, 0.25) is 11.8 Å².